The summed E-state index contributed by atoms with van der Waals surface area (Å²) in [4.78, 5) is 30.8. The number of thiazole rings is 1. The molecule has 0 saturated heterocycles. The Bertz CT molecular complexity index is 1190. The lowest BCUT2D eigenvalue weighted by Gasteiger charge is -2.34. The smallest absolute Gasteiger partial charge is 0.309 e. The van der Waals surface area contributed by atoms with Gasteiger partial charge in [0.15, 0.2) is 0 Å². The summed E-state index contributed by atoms with van der Waals surface area (Å²) in [6.07, 6.45) is 1.34. The van der Waals surface area contributed by atoms with Crippen molar-refractivity contribution in [3.8, 4) is 0 Å². The average molecular weight is 526 g/mol. The fourth-order valence-corrected chi connectivity index (χ4v) is 5.29. The summed E-state index contributed by atoms with van der Waals surface area (Å²) in [7, 11) is 0. The molecule has 6 nitrogen and oxygen atoms in total. The Hall–Kier alpha value is -2.61. The predicted molar refractivity (Wildman–Crippen MR) is 148 cm³/mol. The number of cyclic esters (lactones) is 1. The number of carbonyl (C=O) groups is 2. The molecule has 1 aromatic heterocycles. The maximum Gasteiger partial charge on any atom is 0.309 e. The van der Waals surface area contributed by atoms with Gasteiger partial charge in [0.05, 0.1) is 34.7 Å². The molecule has 1 aliphatic heterocycles. The van der Waals surface area contributed by atoms with Gasteiger partial charge in [-0.1, -0.05) is 58.0 Å². The standard InChI is InChI=1S/C30H39NO5S/c1-17-11-12-25(18(2)13-24-16-37-21(5)31-24)36-27(33)15-26(32)30(6,7)29(35)20(4)28(34)19(3)23-10-8-9-22(17)14-23/h8-11,13-14,16,19-20,25-26,28,32,34H,12,15H2,1-7H3/b17-11+,18-13+/t19-,20+,25-,26-,28-/m0/s1. The van der Waals surface area contributed by atoms with Crippen molar-refractivity contribution in [3.63, 3.8) is 0 Å². The maximum absolute atomic E-state index is 13.4. The Balaban J connectivity index is 2.04. The molecule has 2 heterocycles. The van der Waals surface area contributed by atoms with Crippen molar-refractivity contribution < 1.29 is 24.5 Å². The van der Waals surface area contributed by atoms with Crippen LogP contribution in [0.25, 0.3) is 11.6 Å². The number of benzene rings is 1. The molecular weight excluding hydrogens is 486 g/mol. The third-order valence-corrected chi connectivity index (χ3v) is 8.36. The van der Waals surface area contributed by atoms with Crippen molar-refractivity contribution >= 4 is 34.7 Å². The summed E-state index contributed by atoms with van der Waals surface area (Å²) < 4.78 is 5.86. The molecule has 0 amide bonds. The number of hydrogen-bond donors (Lipinski definition) is 2. The zero-order valence-electron chi connectivity index (χ0n) is 22.8. The van der Waals surface area contributed by atoms with Crippen LogP contribution in [0.3, 0.4) is 0 Å². The van der Waals surface area contributed by atoms with E-state index >= 15 is 0 Å². The topological polar surface area (TPSA) is 96.7 Å². The second kappa shape index (κ2) is 11.8. The lowest BCUT2D eigenvalue weighted by Crippen LogP contribution is -2.45. The number of hydrogen-bond acceptors (Lipinski definition) is 7. The van der Waals surface area contributed by atoms with Crippen LogP contribution >= 0.6 is 11.3 Å². The lowest BCUT2D eigenvalue weighted by atomic mass is 9.72. The van der Waals surface area contributed by atoms with Gasteiger partial charge < -0.3 is 14.9 Å². The van der Waals surface area contributed by atoms with Gasteiger partial charge in [0.25, 0.3) is 0 Å². The fraction of sp³-hybridized carbons (Fsp3) is 0.500. The highest BCUT2D eigenvalue weighted by Gasteiger charge is 2.42. The predicted octanol–water partition coefficient (Wildman–Crippen LogP) is 5.72. The Morgan fingerprint density at radius 3 is 2.51 bits per heavy atom. The zero-order valence-corrected chi connectivity index (χ0v) is 23.6. The SMILES string of the molecule is C/C1=C\C[C@@H](/C(C)=C/c2csc(C)n2)OC(=O)C[C@H](O)C(C)(C)C(=O)[C@H](C)[C@@H](O)[C@@H](C)c2cccc1c2. The van der Waals surface area contributed by atoms with E-state index in [0.29, 0.717) is 6.42 Å². The van der Waals surface area contributed by atoms with Crippen molar-refractivity contribution in [2.45, 2.75) is 85.5 Å². The van der Waals surface area contributed by atoms with Gasteiger partial charge in [-0.2, -0.15) is 0 Å². The molecule has 0 fully saturated rings. The molecule has 7 heteroatoms. The number of aliphatic hydroxyl groups excluding tert-OH is 2. The molecule has 3 rings (SSSR count). The van der Waals surface area contributed by atoms with E-state index in [1.165, 1.54) is 0 Å². The zero-order chi connectivity index (χ0) is 27.5. The van der Waals surface area contributed by atoms with Gasteiger partial charge in [0.2, 0.25) is 0 Å². The molecule has 5 atom stereocenters. The molecule has 1 aromatic carbocycles. The number of nitrogens with zero attached hydrogens (tertiary/aromatic N) is 1. The molecule has 0 spiro atoms. The highest BCUT2D eigenvalue weighted by atomic mass is 32.1. The van der Waals surface area contributed by atoms with Crippen LogP contribution in [0, 0.1) is 18.3 Å². The van der Waals surface area contributed by atoms with Crippen LogP contribution in [0.5, 0.6) is 0 Å². The van der Waals surface area contributed by atoms with Crippen molar-refractivity contribution in [3.05, 3.63) is 63.1 Å². The quantitative estimate of drug-likeness (QED) is 0.487. The Kier molecular flexibility index (Phi) is 9.27. The number of aryl methyl sites for hydroxylation is 1. The number of carbonyl (C=O) groups excluding carboxylic acids is 2. The maximum atomic E-state index is 13.4. The van der Waals surface area contributed by atoms with E-state index in [0.717, 1.165) is 33.0 Å². The van der Waals surface area contributed by atoms with Crippen LogP contribution in [0.1, 0.15) is 82.1 Å². The Morgan fingerprint density at radius 2 is 1.86 bits per heavy atom. The molecule has 0 saturated carbocycles. The molecule has 0 radical (unpaired) electrons. The van der Waals surface area contributed by atoms with Crippen molar-refractivity contribution in [2.75, 3.05) is 0 Å². The van der Waals surface area contributed by atoms with Gasteiger partial charge in [-0.3, -0.25) is 9.59 Å². The summed E-state index contributed by atoms with van der Waals surface area (Å²) >= 11 is 1.55. The summed E-state index contributed by atoms with van der Waals surface area (Å²) in [5, 5.41) is 24.9. The molecule has 200 valence electrons. The third-order valence-electron chi connectivity index (χ3n) is 7.57. The molecular formula is C30H39NO5S. The van der Waals surface area contributed by atoms with Gasteiger partial charge in [0.1, 0.15) is 11.9 Å². The monoisotopic (exact) mass is 525 g/mol. The highest BCUT2D eigenvalue weighted by Crippen LogP contribution is 2.34. The Labute approximate surface area is 224 Å². The minimum absolute atomic E-state index is 0.294. The van der Waals surface area contributed by atoms with Crippen LogP contribution in [0.15, 0.2) is 41.3 Å². The van der Waals surface area contributed by atoms with Gasteiger partial charge in [-0.15, -0.1) is 11.3 Å². The van der Waals surface area contributed by atoms with Crippen LogP contribution in [-0.2, 0) is 14.3 Å². The van der Waals surface area contributed by atoms with Gasteiger partial charge in [-0.05, 0) is 49.1 Å². The van der Waals surface area contributed by atoms with E-state index in [-0.39, 0.29) is 18.1 Å². The number of ether oxygens (including phenoxy) is 1. The largest absolute Gasteiger partial charge is 0.457 e. The average Bonchev–Trinajstić information content (AvgIpc) is 3.27. The van der Waals surface area contributed by atoms with Crippen molar-refractivity contribution in [2.24, 2.45) is 11.3 Å². The molecule has 0 unspecified atom stereocenters. The first-order chi connectivity index (χ1) is 17.3. The number of esters is 1. The first kappa shape index (κ1) is 29.0. The van der Waals surface area contributed by atoms with Crippen LogP contribution in [-0.4, -0.2) is 45.3 Å². The third kappa shape index (κ3) is 6.83. The second-order valence-corrected chi connectivity index (χ2v) is 11.8. The van der Waals surface area contributed by atoms with E-state index in [2.05, 4.69) is 4.98 Å². The fourth-order valence-electron chi connectivity index (χ4n) is 4.72. The summed E-state index contributed by atoms with van der Waals surface area (Å²) in [6, 6.07) is 7.94. The number of allylic oxidation sites excluding steroid dienone is 1. The van der Waals surface area contributed by atoms with Gasteiger partial charge in [-0.25, -0.2) is 4.98 Å². The molecule has 2 N–H and O–H groups in total. The number of rotatable bonds is 2. The van der Waals surface area contributed by atoms with Crippen LogP contribution < -0.4 is 0 Å². The first-order valence-corrected chi connectivity index (χ1v) is 13.7. The van der Waals surface area contributed by atoms with E-state index in [1.807, 2.05) is 69.5 Å². The number of aliphatic hydroxyl groups is 2. The van der Waals surface area contributed by atoms with Crippen LogP contribution in [0.4, 0.5) is 0 Å². The van der Waals surface area contributed by atoms with Gasteiger partial charge >= 0.3 is 5.97 Å². The highest BCUT2D eigenvalue weighted by molar-refractivity contribution is 7.09. The number of ketones is 1. The molecule has 2 aromatic rings. The Morgan fingerprint density at radius 1 is 1.16 bits per heavy atom. The summed E-state index contributed by atoms with van der Waals surface area (Å²) in [5.74, 6) is -1.90. The number of Topliss-reactive ketones (excluding diaryl/α,β-unsaturated/α-hetero) is 1. The van der Waals surface area contributed by atoms with E-state index < -0.39 is 35.6 Å². The molecule has 0 aliphatic carbocycles. The second-order valence-electron chi connectivity index (χ2n) is 10.8. The number of aromatic nitrogens is 1. The molecule has 37 heavy (non-hydrogen) atoms. The summed E-state index contributed by atoms with van der Waals surface area (Å²) in [5.41, 5.74) is 3.35. The van der Waals surface area contributed by atoms with Gasteiger partial charge in [0, 0.05) is 23.6 Å². The van der Waals surface area contributed by atoms with Crippen molar-refractivity contribution in [1.82, 2.24) is 4.98 Å². The molecule has 2 bridgehead atoms. The van der Waals surface area contributed by atoms with Crippen LogP contribution in [0.2, 0.25) is 0 Å². The minimum Gasteiger partial charge on any atom is -0.457 e. The van der Waals surface area contributed by atoms with E-state index in [9.17, 15) is 19.8 Å². The first-order valence-electron chi connectivity index (χ1n) is 12.8. The van der Waals surface area contributed by atoms with E-state index in [4.69, 9.17) is 4.74 Å². The molecule has 1 aliphatic rings. The number of fused-ring (bicyclic) bond motifs is 2. The van der Waals surface area contributed by atoms with Crippen molar-refractivity contribution in [1.29, 1.82) is 0 Å². The minimum atomic E-state index is -1.25. The normalized spacial score (nSPS) is 29.4. The lowest BCUT2D eigenvalue weighted by molar-refractivity contribution is -0.153. The van der Waals surface area contributed by atoms with E-state index in [1.54, 1.807) is 32.1 Å². The summed E-state index contributed by atoms with van der Waals surface area (Å²) in [6.45, 7) is 12.7.